The van der Waals surface area contributed by atoms with Crippen LogP contribution in [0.1, 0.15) is 30.9 Å². The van der Waals surface area contributed by atoms with Crippen LogP contribution in [-0.4, -0.2) is 56.2 Å². The molecule has 1 aliphatic rings. The number of halogens is 2. The number of piperazine rings is 1. The number of benzene rings is 1. The molecule has 1 heterocycles. The smallest absolute Gasteiger partial charge is 0.123 e. The Morgan fingerprint density at radius 3 is 2.41 bits per heavy atom. The Bertz CT molecular complexity index is 472. The summed E-state index contributed by atoms with van der Waals surface area (Å²) >= 11 is 6.23. The maximum absolute atomic E-state index is 6.23. The van der Waals surface area contributed by atoms with E-state index in [0.29, 0.717) is 5.92 Å². The molecule has 0 amide bonds. The summed E-state index contributed by atoms with van der Waals surface area (Å²) < 4.78 is 6.05. The van der Waals surface area contributed by atoms with E-state index in [9.17, 15) is 0 Å². The van der Waals surface area contributed by atoms with Gasteiger partial charge in [-0.25, -0.2) is 0 Å². The quantitative estimate of drug-likeness (QED) is 0.805. The van der Waals surface area contributed by atoms with Gasteiger partial charge in [-0.15, -0.1) is 12.4 Å². The lowest BCUT2D eigenvalue weighted by atomic mass is 10.0. The molecule has 1 fully saturated rings. The molecule has 0 atom stereocenters. The minimum Gasteiger partial charge on any atom is -0.492 e. The van der Waals surface area contributed by atoms with E-state index in [-0.39, 0.29) is 12.4 Å². The van der Waals surface area contributed by atoms with E-state index in [0.717, 1.165) is 55.7 Å². The van der Waals surface area contributed by atoms with Crippen LogP contribution in [0.25, 0.3) is 0 Å². The van der Waals surface area contributed by atoms with Crippen molar-refractivity contribution >= 4 is 24.0 Å². The third kappa shape index (κ3) is 5.31. The van der Waals surface area contributed by atoms with E-state index in [1.165, 1.54) is 5.56 Å². The molecule has 0 aliphatic carbocycles. The van der Waals surface area contributed by atoms with Crippen molar-refractivity contribution in [2.45, 2.75) is 26.7 Å². The molecule has 0 spiro atoms. The highest BCUT2D eigenvalue weighted by Crippen LogP contribution is 2.31. The summed E-state index contributed by atoms with van der Waals surface area (Å²) in [5.74, 6) is 1.41. The van der Waals surface area contributed by atoms with Crippen LogP contribution in [0.4, 0.5) is 0 Å². The first-order valence-corrected chi connectivity index (χ1v) is 8.19. The molecule has 1 aliphatic heterocycles. The lowest BCUT2D eigenvalue weighted by Crippen LogP contribution is -2.45. The Labute approximate surface area is 146 Å². The van der Waals surface area contributed by atoms with Crippen LogP contribution >= 0.6 is 24.0 Å². The van der Waals surface area contributed by atoms with Crippen LogP contribution in [0.3, 0.4) is 0 Å². The van der Waals surface area contributed by atoms with Crippen LogP contribution < -0.4 is 4.74 Å². The Morgan fingerprint density at radius 1 is 1.18 bits per heavy atom. The zero-order chi connectivity index (χ0) is 15.4. The molecule has 0 unspecified atom stereocenters. The molecule has 5 heteroatoms. The van der Waals surface area contributed by atoms with Gasteiger partial charge in [0, 0.05) is 37.7 Å². The minimum atomic E-state index is 0. The van der Waals surface area contributed by atoms with Gasteiger partial charge in [-0.3, -0.25) is 4.90 Å². The second-order valence-electron chi connectivity index (χ2n) is 6.29. The van der Waals surface area contributed by atoms with Gasteiger partial charge in [0.05, 0.1) is 0 Å². The first-order chi connectivity index (χ1) is 9.97. The molecule has 22 heavy (non-hydrogen) atoms. The average Bonchev–Trinajstić information content (AvgIpc) is 2.44. The predicted molar refractivity (Wildman–Crippen MR) is 97.0 cm³/mol. The molecule has 3 nitrogen and oxygen atoms in total. The number of hydrogen-bond donors (Lipinski definition) is 0. The molecule has 0 N–H and O–H groups in total. The molecule has 1 aromatic carbocycles. The van der Waals surface area contributed by atoms with Crippen molar-refractivity contribution in [3.05, 3.63) is 28.3 Å². The number of likely N-dealkylation sites (N-methyl/N-ethyl adjacent to an activating group) is 1. The summed E-state index contributed by atoms with van der Waals surface area (Å²) in [5, 5.41) is 0.824. The first kappa shape index (κ1) is 19.6. The lowest BCUT2D eigenvalue weighted by Gasteiger charge is -2.32. The third-order valence-electron chi connectivity index (χ3n) is 4.17. The number of nitrogens with zero attached hydrogens (tertiary/aromatic N) is 2. The van der Waals surface area contributed by atoms with Gasteiger partial charge in [0.15, 0.2) is 0 Å². The van der Waals surface area contributed by atoms with Gasteiger partial charge in [0.25, 0.3) is 0 Å². The lowest BCUT2D eigenvalue weighted by molar-refractivity contribution is 0.133. The van der Waals surface area contributed by atoms with E-state index >= 15 is 0 Å². The molecule has 0 bridgehead atoms. The normalized spacial score (nSPS) is 16.6. The van der Waals surface area contributed by atoms with Gasteiger partial charge < -0.3 is 9.64 Å². The van der Waals surface area contributed by atoms with Gasteiger partial charge in [-0.2, -0.15) is 0 Å². The molecular weight excluding hydrogens is 319 g/mol. The Balaban J connectivity index is 0.00000242. The maximum atomic E-state index is 6.23. The summed E-state index contributed by atoms with van der Waals surface area (Å²) in [7, 11) is 2.18. The standard InChI is InChI=1S/C17H27ClN2O.ClH/c1-13(2)15-12-16(18)14(3)11-17(15)21-10-9-20-7-5-19(4)6-8-20;/h11-13H,5-10H2,1-4H3;1H. The molecule has 1 saturated heterocycles. The molecule has 0 radical (unpaired) electrons. The molecule has 2 rings (SSSR count). The summed E-state index contributed by atoms with van der Waals surface area (Å²) in [6.45, 7) is 12.7. The zero-order valence-electron chi connectivity index (χ0n) is 14.1. The topological polar surface area (TPSA) is 15.7 Å². The maximum Gasteiger partial charge on any atom is 0.123 e. The Hall–Kier alpha value is -0.480. The molecular formula is C17H28Cl2N2O. The SMILES string of the molecule is Cc1cc(OCCN2CCN(C)CC2)c(C(C)C)cc1Cl.Cl. The number of ether oxygens (including phenoxy) is 1. The van der Waals surface area contributed by atoms with Gasteiger partial charge in [-0.1, -0.05) is 25.4 Å². The highest BCUT2D eigenvalue weighted by molar-refractivity contribution is 6.31. The molecule has 126 valence electrons. The summed E-state index contributed by atoms with van der Waals surface area (Å²) in [4.78, 5) is 4.84. The van der Waals surface area contributed by atoms with Crippen LogP contribution in [0.2, 0.25) is 5.02 Å². The highest BCUT2D eigenvalue weighted by Gasteiger charge is 2.15. The Morgan fingerprint density at radius 2 is 1.82 bits per heavy atom. The largest absolute Gasteiger partial charge is 0.492 e. The molecule has 1 aromatic rings. The van der Waals surface area contributed by atoms with Crippen LogP contribution in [0, 0.1) is 6.92 Å². The molecule has 0 aromatic heterocycles. The second kappa shape index (κ2) is 8.97. The zero-order valence-corrected chi connectivity index (χ0v) is 15.6. The van der Waals surface area contributed by atoms with Gasteiger partial charge >= 0.3 is 0 Å². The first-order valence-electron chi connectivity index (χ1n) is 7.81. The molecule has 0 saturated carbocycles. The fourth-order valence-corrected chi connectivity index (χ4v) is 2.77. The fourth-order valence-electron chi connectivity index (χ4n) is 2.60. The van der Waals surface area contributed by atoms with Crippen molar-refractivity contribution in [2.75, 3.05) is 46.4 Å². The van der Waals surface area contributed by atoms with Crippen LogP contribution in [-0.2, 0) is 0 Å². The highest BCUT2D eigenvalue weighted by atomic mass is 35.5. The van der Waals surface area contributed by atoms with E-state index in [1.54, 1.807) is 0 Å². The van der Waals surface area contributed by atoms with Crippen molar-refractivity contribution in [1.82, 2.24) is 9.80 Å². The monoisotopic (exact) mass is 346 g/mol. The van der Waals surface area contributed by atoms with Crippen LogP contribution in [0.15, 0.2) is 12.1 Å². The second-order valence-corrected chi connectivity index (χ2v) is 6.69. The number of rotatable bonds is 5. The van der Waals surface area contributed by atoms with Crippen molar-refractivity contribution in [2.24, 2.45) is 0 Å². The summed E-state index contributed by atoms with van der Waals surface area (Å²) in [6, 6.07) is 4.12. The summed E-state index contributed by atoms with van der Waals surface area (Å²) in [5.41, 5.74) is 2.28. The average molecular weight is 347 g/mol. The Kier molecular flexibility index (Phi) is 7.98. The van der Waals surface area contributed by atoms with Gasteiger partial charge in [0.1, 0.15) is 12.4 Å². The number of hydrogen-bond acceptors (Lipinski definition) is 3. The fraction of sp³-hybridized carbons (Fsp3) is 0.647. The van der Waals surface area contributed by atoms with Crippen molar-refractivity contribution in [3.63, 3.8) is 0 Å². The predicted octanol–water partition coefficient (Wildman–Crippen LogP) is 3.82. The van der Waals surface area contributed by atoms with E-state index in [4.69, 9.17) is 16.3 Å². The summed E-state index contributed by atoms with van der Waals surface area (Å²) in [6.07, 6.45) is 0. The van der Waals surface area contributed by atoms with Gasteiger partial charge in [0.2, 0.25) is 0 Å². The van der Waals surface area contributed by atoms with Crippen LogP contribution in [0.5, 0.6) is 5.75 Å². The van der Waals surface area contributed by atoms with Crippen molar-refractivity contribution in [3.8, 4) is 5.75 Å². The van der Waals surface area contributed by atoms with Crippen molar-refractivity contribution < 1.29 is 4.74 Å². The third-order valence-corrected chi connectivity index (χ3v) is 4.58. The minimum absolute atomic E-state index is 0. The van der Waals surface area contributed by atoms with Gasteiger partial charge in [-0.05, 0) is 43.1 Å². The van der Waals surface area contributed by atoms with Crippen molar-refractivity contribution in [1.29, 1.82) is 0 Å². The van der Waals surface area contributed by atoms with E-state index in [2.05, 4.69) is 36.8 Å². The van der Waals surface area contributed by atoms with E-state index in [1.807, 2.05) is 13.0 Å². The number of aryl methyl sites for hydroxylation is 1. The van der Waals surface area contributed by atoms with E-state index < -0.39 is 0 Å².